The van der Waals surface area contributed by atoms with Crippen LogP contribution in [0, 0.1) is 36.5 Å². The number of rotatable bonds is 3. The zero-order chi connectivity index (χ0) is 27.5. The quantitative estimate of drug-likeness (QED) is 0.350. The summed E-state index contributed by atoms with van der Waals surface area (Å²) in [7, 11) is 0. The summed E-state index contributed by atoms with van der Waals surface area (Å²) in [5.74, 6) is -0.323. The SMILES string of the molecule is C#CC[C@H]1C(=O)C(C)(C)[C@@H](O)CC(=O)O[C@H](/C(F)=C\c2coc(C)n2)C[C@@H]2O[C@]2(C)CCC[C@H](C)[C@H]1O. The molecular weight excluding hydrogens is 481 g/mol. The molecule has 2 saturated heterocycles. The predicted octanol–water partition coefficient (Wildman–Crippen LogP) is 3.92. The van der Waals surface area contributed by atoms with Gasteiger partial charge in [-0.2, -0.15) is 0 Å². The Kier molecular flexibility index (Phi) is 8.99. The smallest absolute Gasteiger partial charge is 0.309 e. The average Bonchev–Trinajstić information content (AvgIpc) is 3.27. The van der Waals surface area contributed by atoms with Crippen LogP contribution in [0.2, 0.25) is 0 Å². The van der Waals surface area contributed by atoms with E-state index in [1.54, 1.807) is 6.92 Å². The van der Waals surface area contributed by atoms with Gasteiger partial charge in [-0.15, -0.1) is 12.3 Å². The van der Waals surface area contributed by atoms with Crippen LogP contribution in [0.5, 0.6) is 0 Å². The third kappa shape index (κ3) is 6.86. The van der Waals surface area contributed by atoms with Crippen LogP contribution < -0.4 is 0 Å². The number of fused-ring (bicyclic) bond motifs is 1. The number of cyclic esters (lactones) is 1. The standard InChI is InChI=1S/C28H38FNO7/c1-7-9-19-25(33)16(2)10-8-11-28(6)23(37-28)13-21(20(29)12-18-15-35-17(3)30-18)36-24(32)14-22(31)27(4,5)26(19)34/h1,12,15-16,19,21-23,25,31,33H,8-11,13-14H2,2-6H3/b20-12+/t16-,19+,21-,22-,23-,25+,28+/m0/s1. The second-order valence-electron chi connectivity index (χ2n) is 11.1. The summed E-state index contributed by atoms with van der Waals surface area (Å²) in [5, 5.41) is 21.9. The zero-order valence-corrected chi connectivity index (χ0v) is 22.2. The first kappa shape index (κ1) is 29.0. The van der Waals surface area contributed by atoms with Gasteiger partial charge in [0.1, 0.15) is 23.6 Å². The van der Waals surface area contributed by atoms with E-state index in [1.165, 1.54) is 20.1 Å². The molecule has 1 aromatic rings. The summed E-state index contributed by atoms with van der Waals surface area (Å²) in [6.45, 7) is 8.42. The molecule has 0 unspecified atom stereocenters. The molecule has 3 heterocycles. The van der Waals surface area contributed by atoms with Crippen molar-refractivity contribution < 1.29 is 38.1 Å². The van der Waals surface area contributed by atoms with E-state index >= 15 is 4.39 Å². The number of ether oxygens (including phenoxy) is 2. The maximum absolute atomic E-state index is 15.3. The van der Waals surface area contributed by atoms with Gasteiger partial charge in [0.15, 0.2) is 12.0 Å². The van der Waals surface area contributed by atoms with E-state index in [4.69, 9.17) is 20.3 Å². The number of hydrogen-bond acceptors (Lipinski definition) is 8. The first-order chi connectivity index (χ1) is 17.3. The lowest BCUT2D eigenvalue weighted by Gasteiger charge is -2.35. The number of epoxide rings is 1. The van der Waals surface area contributed by atoms with Crippen LogP contribution in [0.4, 0.5) is 4.39 Å². The number of aromatic nitrogens is 1. The minimum atomic E-state index is -1.43. The molecule has 0 saturated carbocycles. The van der Waals surface area contributed by atoms with Gasteiger partial charge >= 0.3 is 5.97 Å². The molecule has 8 nitrogen and oxygen atoms in total. The summed E-state index contributed by atoms with van der Waals surface area (Å²) < 4.78 is 31.8. The predicted molar refractivity (Wildman–Crippen MR) is 133 cm³/mol. The Labute approximate surface area is 217 Å². The first-order valence-corrected chi connectivity index (χ1v) is 12.8. The maximum Gasteiger partial charge on any atom is 0.309 e. The number of nitrogens with zero attached hydrogens (tertiary/aromatic N) is 1. The molecule has 0 bridgehead atoms. The summed E-state index contributed by atoms with van der Waals surface area (Å²) in [6, 6.07) is 0. The molecule has 0 spiro atoms. The molecule has 0 aliphatic carbocycles. The number of aliphatic hydroxyl groups is 2. The molecule has 9 heteroatoms. The number of hydrogen-bond donors (Lipinski definition) is 2. The number of terminal acetylenes is 1. The molecule has 0 aromatic carbocycles. The van der Waals surface area contributed by atoms with Gasteiger partial charge in [0.25, 0.3) is 0 Å². The molecule has 2 fully saturated rings. The van der Waals surface area contributed by atoms with Gasteiger partial charge < -0.3 is 24.1 Å². The fraction of sp³-hybridized carbons (Fsp3) is 0.679. The van der Waals surface area contributed by atoms with Crippen LogP contribution >= 0.6 is 0 Å². The fourth-order valence-corrected chi connectivity index (χ4v) is 5.00. The highest BCUT2D eigenvalue weighted by Gasteiger charge is 2.53. The van der Waals surface area contributed by atoms with Crippen LogP contribution in [-0.4, -0.2) is 57.0 Å². The van der Waals surface area contributed by atoms with E-state index < -0.39 is 59.2 Å². The molecule has 0 amide bonds. The minimum absolute atomic E-state index is 0.00738. The van der Waals surface area contributed by atoms with Crippen molar-refractivity contribution >= 4 is 17.8 Å². The van der Waals surface area contributed by atoms with Gasteiger partial charge in [-0.3, -0.25) is 9.59 Å². The van der Waals surface area contributed by atoms with Crippen LogP contribution in [0.1, 0.15) is 77.8 Å². The second-order valence-corrected chi connectivity index (χ2v) is 11.1. The summed E-state index contributed by atoms with van der Waals surface area (Å²) >= 11 is 0. The highest BCUT2D eigenvalue weighted by atomic mass is 19.1. The number of carbonyl (C=O) groups is 2. The Bertz CT molecular complexity index is 1060. The summed E-state index contributed by atoms with van der Waals surface area (Å²) in [4.78, 5) is 30.3. The first-order valence-electron chi connectivity index (χ1n) is 12.8. The van der Waals surface area contributed by atoms with Crippen LogP contribution in [0.3, 0.4) is 0 Å². The molecule has 1 aromatic heterocycles. The topological polar surface area (TPSA) is 122 Å². The van der Waals surface area contributed by atoms with Gasteiger partial charge in [-0.25, -0.2) is 9.37 Å². The normalized spacial score (nSPS) is 35.8. The monoisotopic (exact) mass is 519 g/mol. The van der Waals surface area contributed by atoms with Crippen LogP contribution in [0.25, 0.3) is 6.08 Å². The number of oxazole rings is 1. The van der Waals surface area contributed by atoms with Gasteiger partial charge in [0.2, 0.25) is 0 Å². The average molecular weight is 520 g/mol. The third-order valence-electron chi connectivity index (χ3n) is 7.80. The van der Waals surface area contributed by atoms with Crippen molar-refractivity contribution in [2.75, 3.05) is 0 Å². The number of esters is 1. The van der Waals surface area contributed by atoms with E-state index in [0.717, 1.165) is 6.08 Å². The number of aryl methyl sites for hydroxylation is 1. The van der Waals surface area contributed by atoms with E-state index in [1.807, 2.05) is 13.8 Å². The molecule has 2 N–H and O–H groups in total. The van der Waals surface area contributed by atoms with Crippen molar-refractivity contribution in [2.24, 2.45) is 17.3 Å². The molecule has 204 valence electrons. The Hall–Kier alpha value is -2.54. The molecular formula is C28H38FNO7. The van der Waals surface area contributed by atoms with Gasteiger partial charge in [-0.1, -0.05) is 27.2 Å². The van der Waals surface area contributed by atoms with E-state index in [0.29, 0.717) is 25.2 Å². The van der Waals surface area contributed by atoms with E-state index in [-0.39, 0.29) is 30.6 Å². The molecule has 2 aliphatic heterocycles. The van der Waals surface area contributed by atoms with E-state index in [9.17, 15) is 19.8 Å². The van der Waals surface area contributed by atoms with Crippen molar-refractivity contribution in [3.05, 3.63) is 23.7 Å². The number of ketones is 1. The van der Waals surface area contributed by atoms with E-state index in [2.05, 4.69) is 10.9 Å². The Morgan fingerprint density at radius 2 is 2.03 bits per heavy atom. The number of Topliss-reactive ketones (excluding diaryl/α,β-unsaturated/α-hetero) is 1. The molecule has 3 rings (SSSR count). The number of carbonyl (C=O) groups excluding carboxylic acids is 2. The molecule has 0 radical (unpaired) electrons. The van der Waals surface area contributed by atoms with Crippen LogP contribution in [0.15, 0.2) is 16.5 Å². The molecule has 7 atom stereocenters. The Balaban J connectivity index is 1.89. The van der Waals surface area contributed by atoms with Crippen molar-refractivity contribution in [2.45, 2.75) is 103 Å². The minimum Gasteiger partial charge on any atom is -0.455 e. The third-order valence-corrected chi connectivity index (χ3v) is 7.80. The van der Waals surface area contributed by atoms with Crippen molar-refractivity contribution in [1.82, 2.24) is 4.98 Å². The van der Waals surface area contributed by atoms with Gasteiger partial charge in [-0.05, 0) is 25.7 Å². The number of aliphatic hydroxyl groups excluding tert-OH is 2. The van der Waals surface area contributed by atoms with Crippen molar-refractivity contribution in [3.63, 3.8) is 0 Å². The lowest BCUT2D eigenvalue weighted by molar-refractivity contribution is -0.155. The fourth-order valence-electron chi connectivity index (χ4n) is 5.00. The lowest BCUT2D eigenvalue weighted by atomic mass is 9.71. The molecule has 37 heavy (non-hydrogen) atoms. The largest absolute Gasteiger partial charge is 0.455 e. The highest BCUT2D eigenvalue weighted by Crippen LogP contribution is 2.45. The maximum atomic E-state index is 15.3. The highest BCUT2D eigenvalue weighted by molar-refractivity contribution is 5.88. The summed E-state index contributed by atoms with van der Waals surface area (Å²) in [5.41, 5.74) is -1.68. The second kappa shape index (κ2) is 11.5. The van der Waals surface area contributed by atoms with Crippen molar-refractivity contribution in [1.29, 1.82) is 0 Å². The van der Waals surface area contributed by atoms with Crippen molar-refractivity contribution in [3.8, 4) is 12.3 Å². The zero-order valence-electron chi connectivity index (χ0n) is 22.2. The summed E-state index contributed by atoms with van der Waals surface area (Å²) in [6.07, 6.45) is 5.45. The van der Waals surface area contributed by atoms with Gasteiger partial charge in [0, 0.05) is 25.8 Å². The molecule has 2 aliphatic rings. The van der Waals surface area contributed by atoms with Gasteiger partial charge in [0.05, 0.1) is 41.7 Å². The number of halogens is 1. The Morgan fingerprint density at radius 3 is 2.65 bits per heavy atom. The van der Waals surface area contributed by atoms with Crippen LogP contribution in [-0.2, 0) is 19.1 Å². The lowest BCUT2D eigenvalue weighted by Crippen LogP contribution is -2.46. The Morgan fingerprint density at radius 1 is 1.32 bits per heavy atom.